The molecule has 1 N–H and O–H groups in total. The highest BCUT2D eigenvalue weighted by Gasteiger charge is 2.27. The second-order valence-electron chi connectivity index (χ2n) is 22.8. The van der Waals surface area contributed by atoms with Gasteiger partial charge < -0.3 is 18.9 Å². The number of esters is 2. The maximum absolute atomic E-state index is 12.8. The number of likely N-dealkylation sites (N-methyl/N-ethyl adjacent to an activating group) is 1. The molecule has 0 aromatic carbocycles. The Kier molecular flexibility index (Phi) is 54.6. The molecule has 74 heavy (non-hydrogen) atoms. The standard InChI is InChI=1S/C64H122NO8P/c1-6-8-10-12-14-16-18-20-22-24-26-28-30-32-34-36-38-40-42-44-46-48-50-52-54-56-63(66)70-60-62(61-72-74(68,69)71-59-58-65(3,4)5)73-64(67)57-55-53-51-49-47-45-43-41-39-37-35-33-31-29-27-25-23-21-19-17-15-13-11-9-7-2/h19,21,25,27,31,33,62H,6-18,20,22-24,26,28-30,32,34-61H2,1-5H3/p+1/b21-19-,27-25-,33-31-. The molecular weight excluding hydrogens is 942 g/mol. The van der Waals surface area contributed by atoms with Crippen molar-refractivity contribution in [2.45, 2.75) is 315 Å². The first-order valence-electron chi connectivity index (χ1n) is 31.7. The van der Waals surface area contributed by atoms with Crippen LogP contribution in [-0.4, -0.2) is 74.9 Å². The Morgan fingerprint density at radius 2 is 0.730 bits per heavy atom. The molecule has 0 saturated carbocycles. The second-order valence-corrected chi connectivity index (χ2v) is 24.3. The minimum Gasteiger partial charge on any atom is -0.462 e. The van der Waals surface area contributed by atoms with Crippen LogP contribution in [0.5, 0.6) is 0 Å². The molecule has 0 aliphatic heterocycles. The third kappa shape index (κ3) is 59.5. The molecule has 10 heteroatoms. The molecule has 2 atom stereocenters. The van der Waals surface area contributed by atoms with Gasteiger partial charge in [0.05, 0.1) is 27.7 Å². The molecule has 0 aromatic heterocycles. The van der Waals surface area contributed by atoms with E-state index in [2.05, 4.69) is 50.3 Å². The van der Waals surface area contributed by atoms with Gasteiger partial charge in [-0.2, -0.15) is 0 Å². The fourth-order valence-corrected chi connectivity index (χ4v) is 10.0. The van der Waals surface area contributed by atoms with Crippen molar-refractivity contribution < 1.29 is 42.1 Å². The van der Waals surface area contributed by atoms with Crippen LogP contribution in [0.25, 0.3) is 0 Å². The Labute approximate surface area is 459 Å². The summed E-state index contributed by atoms with van der Waals surface area (Å²) in [5.74, 6) is -0.786. The Morgan fingerprint density at radius 1 is 0.419 bits per heavy atom. The molecule has 0 aromatic rings. The smallest absolute Gasteiger partial charge is 0.462 e. The van der Waals surface area contributed by atoms with E-state index >= 15 is 0 Å². The van der Waals surface area contributed by atoms with Crippen molar-refractivity contribution in [1.82, 2.24) is 0 Å². The van der Waals surface area contributed by atoms with Crippen LogP contribution in [0, 0.1) is 0 Å². The lowest BCUT2D eigenvalue weighted by molar-refractivity contribution is -0.870. The van der Waals surface area contributed by atoms with Crippen molar-refractivity contribution in [3.63, 3.8) is 0 Å². The minimum absolute atomic E-state index is 0.0325. The number of quaternary nitrogens is 1. The zero-order chi connectivity index (χ0) is 54.2. The van der Waals surface area contributed by atoms with Gasteiger partial charge in [-0.15, -0.1) is 0 Å². The zero-order valence-electron chi connectivity index (χ0n) is 49.6. The van der Waals surface area contributed by atoms with Crippen molar-refractivity contribution in [2.24, 2.45) is 0 Å². The Hall–Kier alpha value is -1.77. The lowest BCUT2D eigenvalue weighted by atomic mass is 10.0. The van der Waals surface area contributed by atoms with E-state index in [1.807, 2.05) is 21.1 Å². The molecule has 0 spiro atoms. The van der Waals surface area contributed by atoms with Crippen molar-refractivity contribution >= 4 is 19.8 Å². The van der Waals surface area contributed by atoms with Crippen LogP contribution in [-0.2, 0) is 32.7 Å². The van der Waals surface area contributed by atoms with Gasteiger partial charge in [0.2, 0.25) is 0 Å². The molecule has 0 amide bonds. The first-order chi connectivity index (χ1) is 36.0. The van der Waals surface area contributed by atoms with Gasteiger partial charge in [0, 0.05) is 12.8 Å². The quantitative estimate of drug-likeness (QED) is 0.0211. The van der Waals surface area contributed by atoms with Crippen LogP contribution >= 0.6 is 7.82 Å². The molecular formula is C64H123NO8P+. The number of hydrogen-bond acceptors (Lipinski definition) is 7. The first kappa shape index (κ1) is 72.2. The summed E-state index contributed by atoms with van der Waals surface area (Å²) in [5, 5.41) is 0. The Balaban J connectivity index is 4.10. The predicted molar refractivity (Wildman–Crippen MR) is 317 cm³/mol. The zero-order valence-corrected chi connectivity index (χ0v) is 50.5. The van der Waals surface area contributed by atoms with E-state index in [0.717, 1.165) is 51.4 Å². The summed E-state index contributed by atoms with van der Waals surface area (Å²) in [4.78, 5) is 35.8. The van der Waals surface area contributed by atoms with Crippen LogP contribution in [0.4, 0.5) is 0 Å². The normalized spacial score (nSPS) is 13.4. The first-order valence-corrected chi connectivity index (χ1v) is 33.2. The third-order valence-corrected chi connectivity index (χ3v) is 15.2. The van der Waals surface area contributed by atoms with Crippen LogP contribution in [0.1, 0.15) is 309 Å². The summed E-state index contributed by atoms with van der Waals surface area (Å²) in [5.41, 5.74) is 0. The lowest BCUT2D eigenvalue weighted by Crippen LogP contribution is -2.37. The molecule has 0 heterocycles. The summed E-state index contributed by atoms with van der Waals surface area (Å²) < 4.78 is 34.7. The fraction of sp³-hybridized carbons (Fsp3) is 0.875. The van der Waals surface area contributed by atoms with Crippen molar-refractivity contribution in [1.29, 1.82) is 0 Å². The molecule has 0 saturated heterocycles. The van der Waals surface area contributed by atoms with E-state index in [9.17, 15) is 19.0 Å². The topological polar surface area (TPSA) is 108 Å². The SMILES string of the molecule is CCCCCCC/C=C\C/C=C\C/C=C\CCCCCCCCCCCCC(=O)OC(COC(=O)CCCCCCCCCCCCCCCCCCCCCCCCCCC)COP(=O)(O)OCC[N+](C)(C)C. The highest BCUT2D eigenvalue weighted by atomic mass is 31.2. The van der Waals surface area contributed by atoms with E-state index < -0.39 is 26.5 Å². The van der Waals surface area contributed by atoms with Gasteiger partial charge in [0.1, 0.15) is 19.8 Å². The highest BCUT2D eigenvalue weighted by Crippen LogP contribution is 2.43. The van der Waals surface area contributed by atoms with Gasteiger partial charge in [0.25, 0.3) is 0 Å². The third-order valence-electron chi connectivity index (χ3n) is 14.2. The summed E-state index contributed by atoms with van der Waals surface area (Å²) in [6, 6.07) is 0. The lowest BCUT2D eigenvalue weighted by Gasteiger charge is -2.24. The molecule has 436 valence electrons. The largest absolute Gasteiger partial charge is 0.472 e. The number of hydrogen-bond donors (Lipinski definition) is 1. The molecule has 0 fully saturated rings. The van der Waals surface area contributed by atoms with E-state index in [-0.39, 0.29) is 25.6 Å². The van der Waals surface area contributed by atoms with Gasteiger partial charge in [-0.25, -0.2) is 4.57 Å². The number of carbonyl (C=O) groups is 2. The Bertz CT molecular complexity index is 1340. The number of ether oxygens (including phenoxy) is 2. The van der Waals surface area contributed by atoms with E-state index in [4.69, 9.17) is 18.5 Å². The van der Waals surface area contributed by atoms with Crippen LogP contribution in [0.2, 0.25) is 0 Å². The number of nitrogens with zero attached hydrogens (tertiary/aromatic N) is 1. The van der Waals surface area contributed by atoms with Crippen molar-refractivity contribution in [3.8, 4) is 0 Å². The van der Waals surface area contributed by atoms with E-state index in [1.165, 1.54) is 225 Å². The van der Waals surface area contributed by atoms with E-state index in [1.54, 1.807) is 0 Å². The maximum atomic E-state index is 12.8. The molecule has 0 aliphatic rings. The van der Waals surface area contributed by atoms with Crippen LogP contribution in [0.3, 0.4) is 0 Å². The molecule has 0 bridgehead atoms. The number of phosphoric ester groups is 1. The summed E-state index contributed by atoms with van der Waals surface area (Å²) in [6.07, 6.45) is 69.4. The summed E-state index contributed by atoms with van der Waals surface area (Å²) in [6.45, 7) is 4.47. The average Bonchev–Trinajstić information content (AvgIpc) is 3.36. The van der Waals surface area contributed by atoms with Crippen molar-refractivity contribution in [3.05, 3.63) is 36.5 Å². The molecule has 0 rings (SSSR count). The Morgan fingerprint density at radius 3 is 1.08 bits per heavy atom. The summed E-state index contributed by atoms with van der Waals surface area (Å²) in [7, 11) is 1.49. The minimum atomic E-state index is -4.39. The number of carbonyl (C=O) groups excluding carboxylic acids is 2. The molecule has 2 unspecified atom stereocenters. The van der Waals surface area contributed by atoms with Gasteiger partial charge in [-0.3, -0.25) is 18.6 Å². The second kappa shape index (κ2) is 56.0. The van der Waals surface area contributed by atoms with E-state index in [0.29, 0.717) is 23.9 Å². The highest BCUT2D eigenvalue weighted by molar-refractivity contribution is 7.47. The van der Waals surface area contributed by atoms with Gasteiger partial charge in [-0.1, -0.05) is 281 Å². The molecule has 0 aliphatic carbocycles. The van der Waals surface area contributed by atoms with Crippen LogP contribution < -0.4 is 0 Å². The van der Waals surface area contributed by atoms with Crippen molar-refractivity contribution in [2.75, 3.05) is 47.5 Å². The maximum Gasteiger partial charge on any atom is 0.472 e. The van der Waals surface area contributed by atoms with Gasteiger partial charge in [0.15, 0.2) is 6.10 Å². The molecule has 9 nitrogen and oxygen atoms in total. The fourth-order valence-electron chi connectivity index (χ4n) is 9.26. The van der Waals surface area contributed by atoms with Gasteiger partial charge >= 0.3 is 19.8 Å². The summed E-state index contributed by atoms with van der Waals surface area (Å²) >= 11 is 0. The number of unbranched alkanes of at least 4 members (excludes halogenated alkanes) is 39. The monoisotopic (exact) mass is 1060 g/mol. The average molecular weight is 1070 g/mol. The number of phosphoric acid groups is 1. The van der Waals surface area contributed by atoms with Gasteiger partial charge in [-0.05, 0) is 51.4 Å². The molecule has 0 radical (unpaired) electrons. The predicted octanol–water partition coefficient (Wildman–Crippen LogP) is 19.9. The van der Waals surface area contributed by atoms with Crippen LogP contribution in [0.15, 0.2) is 36.5 Å². The number of allylic oxidation sites excluding steroid dienone is 6. The number of rotatable bonds is 59.